The van der Waals surface area contributed by atoms with E-state index < -0.39 is 0 Å². The van der Waals surface area contributed by atoms with E-state index in [2.05, 4.69) is 15.1 Å². The number of aromatic nitrogens is 4. The molecule has 1 aromatic carbocycles. The lowest BCUT2D eigenvalue weighted by molar-refractivity contribution is 0.916. The van der Waals surface area contributed by atoms with Gasteiger partial charge < -0.3 is 0 Å². The van der Waals surface area contributed by atoms with Crippen LogP contribution < -0.4 is 5.56 Å². The molecule has 0 aliphatic heterocycles. The molecular weight excluding hydrogens is 252 g/mol. The number of rotatable bonds is 1. The van der Waals surface area contributed by atoms with Gasteiger partial charge in [-0.15, -0.1) is 0 Å². The van der Waals surface area contributed by atoms with Gasteiger partial charge in [0.25, 0.3) is 5.56 Å². The molecule has 96 valence electrons. The summed E-state index contributed by atoms with van der Waals surface area (Å²) in [6.45, 7) is 0. The van der Waals surface area contributed by atoms with Crippen LogP contribution in [0.1, 0.15) is 0 Å². The Hall–Kier alpha value is -2.95. The number of H-pyrrole nitrogens is 1. The predicted molar refractivity (Wildman–Crippen MR) is 76.5 cm³/mol. The standard InChI is InChI=1S/C15H10N4O/c20-15-11-7-4-8-16-14(11)17-13-9-12(18-19(13)15)10-5-2-1-3-6-10/h1-9,18H. The zero-order valence-electron chi connectivity index (χ0n) is 10.4. The summed E-state index contributed by atoms with van der Waals surface area (Å²) in [5.41, 5.74) is 2.76. The van der Waals surface area contributed by atoms with Crippen LogP contribution in [0.25, 0.3) is 27.9 Å². The maximum absolute atomic E-state index is 12.4. The lowest BCUT2D eigenvalue weighted by atomic mass is 10.2. The van der Waals surface area contributed by atoms with Crippen molar-refractivity contribution in [1.82, 2.24) is 19.6 Å². The first-order valence-electron chi connectivity index (χ1n) is 6.25. The van der Waals surface area contributed by atoms with Gasteiger partial charge in [-0.25, -0.2) is 14.5 Å². The summed E-state index contributed by atoms with van der Waals surface area (Å²) < 4.78 is 1.45. The van der Waals surface area contributed by atoms with E-state index in [4.69, 9.17) is 0 Å². The Labute approximate surface area is 113 Å². The van der Waals surface area contributed by atoms with Crippen molar-refractivity contribution in [3.63, 3.8) is 0 Å². The SMILES string of the molecule is O=c1c2cccnc2nc2cc(-c3ccccc3)[nH]n12. The molecule has 5 heteroatoms. The maximum atomic E-state index is 12.4. The molecule has 1 N–H and O–H groups in total. The molecule has 0 saturated carbocycles. The van der Waals surface area contributed by atoms with Crippen LogP contribution in [0.3, 0.4) is 0 Å². The summed E-state index contributed by atoms with van der Waals surface area (Å²) in [6.07, 6.45) is 1.63. The van der Waals surface area contributed by atoms with E-state index in [1.54, 1.807) is 18.3 Å². The van der Waals surface area contributed by atoms with E-state index in [9.17, 15) is 4.79 Å². The molecule has 5 nitrogen and oxygen atoms in total. The number of nitrogens with zero attached hydrogens (tertiary/aromatic N) is 3. The Kier molecular flexibility index (Phi) is 2.20. The number of pyridine rings is 1. The largest absolute Gasteiger partial charge is 0.289 e. The summed E-state index contributed by atoms with van der Waals surface area (Å²) in [7, 11) is 0. The van der Waals surface area contributed by atoms with E-state index >= 15 is 0 Å². The van der Waals surface area contributed by atoms with Crippen molar-refractivity contribution in [2.75, 3.05) is 0 Å². The van der Waals surface area contributed by atoms with Gasteiger partial charge in [-0.05, 0) is 17.7 Å². The number of hydrogen-bond acceptors (Lipinski definition) is 3. The third-order valence-electron chi connectivity index (χ3n) is 3.26. The van der Waals surface area contributed by atoms with Crippen LogP contribution >= 0.6 is 0 Å². The van der Waals surface area contributed by atoms with Gasteiger partial charge in [0.1, 0.15) is 0 Å². The van der Waals surface area contributed by atoms with Crippen molar-refractivity contribution < 1.29 is 0 Å². The highest BCUT2D eigenvalue weighted by atomic mass is 16.1. The minimum Gasteiger partial charge on any atom is -0.289 e. The Morgan fingerprint density at radius 3 is 2.75 bits per heavy atom. The highest BCUT2D eigenvalue weighted by Gasteiger charge is 2.09. The van der Waals surface area contributed by atoms with Crippen LogP contribution in [0, 0.1) is 0 Å². The summed E-state index contributed by atoms with van der Waals surface area (Å²) in [4.78, 5) is 20.9. The molecule has 0 fully saturated rings. The van der Waals surface area contributed by atoms with E-state index in [0.29, 0.717) is 16.7 Å². The zero-order chi connectivity index (χ0) is 13.5. The molecule has 0 aliphatic carbocycles. The number of hydrogen-bond donors (Lipinski definition) is 1. The average Bonchev–Trinajstić information content (AvgIpc) is 2.93. The second-order valence-electron chi connectivity index (χ2n) is 4.52. The highest BCUT2D eigenvalue weighted by molar-refractivity contribution is 5.76. The first-order valence-corrected chi connectivity index (χ1v) is 6.25. The van der Waals surface area contributed by atoms with Crippen molar-refractivity contribution >= 4 is 16.7 Å². The molecule has 20 heavy (non-hydrogen) atoms. The van der Waals surface area contributed by atoms with Gasteiger partial charge >= 0.3 is 0 Å². The van der Waals surface area contributed by atoms with E-state index in [-0.39, 0.29) is 5.56 Å². The lowest BCUT2D eigenvalue weighted by Gasteiger charge is -1.97. The highest BCUT2D eigenvalue weighted by Crippen LogP contribution is 2.18. The van der Waals surface area contributed by atoms with Crippen LogP contribution in [-0.2, 0) is 0 Å². The normalized spacial score (nSPS) is 11.2. The molecule has 0 unspecified atom stereocenters. The van der Waals surface area contributed by atoms with Gasteiger partial charge in [0, 0.05) is 12.3 Å². The Morgan fingerprint density at radius 2 is 1.90 bits per heavy atom. The molecular formula is C15H10N4O. The molecule has 0 spiro atoms. The van der Waals surface area contributed by atoms with Crippen LogP contribution in [0.4, 0.5) is 0 Å². The topological polar surface area (TPSA) is 63.0 Å². The average molecular weight is 262 g/mol. The smallest absolute Gasteiger partial charge is 0.282 e. The minimum atomic E-state index is -0.139. The molecule has 0 aliphatic rings. The molecule has 4 aromatic rings. The molecule has 0 atom stereocenters. The number of aromatic amines is 1. The van der Waals surface area contributed by atoms with Crippen molar-refractivity contribution in [2.24, 2.45) is 0 Å². The summed E-state index contributed by atoms with van der Waals surface area (Å²) in [5, 5.41) is 3.59. The maximum Gasteiger partial charge on any atom is 0.282 e. The predicted octanol–water partition coefficient (Wildman–Crippen LogP) is 2.24. The van der Waals surface area contributed by atoms with Crippen LogP contribution in [-0.4, -0.2) is 19.6 Å². The fourth-order valence-electron chi connectivity index (χ4n) is 2.29. The van der Waals surface area contributed by atoms with Gasteiger partial charge in [-0.2, -0.15) is 0 Å². The third-order valence-corrected chi connectivity index (χ3v) is 3.26. The first kappa shape index (κ1) is 10.9. The molecule has 0 saturated heterocycles. The van der Waals surface area contributed by atoms with E-state index in [0.717, 1.165) is 11.3 Å². The molecule has 0 bridgehead atoms. The summed E-state index contributed by atoms with van der Waals surface area (Å²) >= 11 is 0. The number of benzene rings is 1. The van der Waals surface area contributed by atoms with Crippen LogP contribution in [0.2, 0.25) is 0 Å². The van der Waals surface area contributed by atoms with Gasteiger partial charge in [0.2, 0.25) is 0 Å². The quantitative estimate of drug-likeness (QED) is 0.572. The van der Waals surface area contributed by atoms with Crippen LogP contribution in [0.5, 0.6) is 0 Å². The fourth-order valence-corrected chi connectivity index (χ4v) is 2.29. The molecule has 3 heterocycles. The van der Waals surface area contributed by atoms with Gasteiger partial charge in [0.15, 0.2) is 11.3 Å². The van der Waals surface area contributed by atoms with Crippen molar-refractivity contribution in [1.29, 1.82) is 0 Å². The first-order chi connectivity index (χ1) is 9.83. The Bertz CT molecular complexity index is 969. The molecule has 0 radical (unpaired) electrons. The number of nitrogens with one attached hydrogen (secondary N) is 1. The van der Waals surface area contributed by atoms with E-state index in [1.807, 2.05) is 36.4 Å². The van der Waals surface area contributed by atoms with Gasteiger partial charge in [-0.3, -0.25) is 9.89 Å². The summed E-state index contributed by atoms with van der Waals surface area (Å²) in [5.74, 6) is 0. The third kappa shape index (κ3) is 1.53. The zero-order valence-corrected chi connectivity index (χ0v) is 10.4. The fraction of sp³-hybridized carbons (Fsp3) is 0. The second-order valence-corrected chi connectivity index (χ2v) is 4.52. The van der Waals surface area contributed by atoms with Crippen LogP contribution in [0.15, 0.2) is 59.5 Å². The number of fused-ring (bicyclic) bond motifs is 2. The van der Waals surface area contributed by atoms with Gasteiger partial charge in [-0.1, -0.05) is 30.3 Å². The molecule has 3 aromatic heterocycles. The van der Waals surface area contributed by atoms with Crippen molar-refractivity contribution in [3.8, 4) is 11.3 Å². The van der Waals surface area contributed by atoms with Crippen molar-refractivity contribution in [3.05, 3.63) is 65.1 Å². The van der Waals surface area contributed by atoms with Crippen molar-refractivity contribution in [2.45, 2.75) is 0 Å². The molecule has 0 amide bonds. The Balaban J connectivity index is 2.07. The summed E-state index contributed by atoms with van der Waals surface area (Å²) in [6, 6.07) is 15.1. The lowest BCUT2D eigenvalue weighted by Crippen LogP contribution is -2.15. The second kappa shape index (κ2) is 4.03. The minimum absolute atomic E-state index is 0.139. The van der Waals surface area contributed by atoms with Gasteiger partial charge in [0.05, 0.1) is 11.1 Å². The van der Waals surface area contributed by atoms with E-state index in [1.165, 1.54) is 4.52 Å². The monoisotopic (exact) mass is 262 g/mol. The Morgan fingerprint density at radius 1 is 1.05 bits per heavy atom. The molecule has 4 rings (SSSR count).